The Morgan fingerprint density at radius 2 is 2.05 bits per heavy atom. The molecule has 5 heteroatoms. The monoisotopic (exact) mass is 294 g/mol. The Balaban J connectivity index is 3.14. The van der Waals surface area contributed by atoms with Crippen LogP contribution >= 0.6 is 0 Å². The Bertz CT molecular complexity index is 601. The average Bonchev–Trinajstić information content (AvgIpc) is 2.37. The molecule has 0 saturated heterocycles. The van der Waals surface area contributed by atoms with E-state index >= 15 is 0 Å². The van der Waals surface area contributed by atoms with Gasteiger partial charge in [-0.3, -0.25) is 0 Å². The predicted octanol–water partition coefficient (Wildman–Crippen LogP) is 1.75. The van der Waals surface area contributed by atoms with Crippen LogP contribution in [0.5, 0.6) is 0 Å². The molecule has 0 bridgehead atoms. The molecule has 0 heterocycles. The second kappa shape index (κ2) is 6.89. The van der Waals surface area contributed by atoms with Crippen LogP contribution < -0.4 is 5.32 Å². The molecule has 0 aliphatic heterocycles. The summed E-state index contributed by atoms with van der Waals surface area (Å²) >= 11 is 0. The van der Waals surface area contributed by atoms with Crippen molar-refractivity contribution in [2.45, 2.75) is 38.3 Å². The van der Waals surface area contributed by atoms with Crippen molar-refractivity contribution in [1.82, 2.24) is 9.62 Å². The lowest BCUT2D eigenvalue weighted by molar-refractivity contribution is 0.502. The number of hydrogen-bond acceptors (Lipinski definition) is 3. The Morgan fingerprint density at radius 3 is 2.60 bits per heavy atom. The fourth-order valence-corrected chi connectivity index (χ4v) is 3.18. The summed E-state index contributed by atoms with van der Waals surface area (Å²) in [5.41, 5.74) is 1.75. The zero-order chi connectivity index (χ0) is 15.3. The molecule has 0 saturated carbocycles. The molecular weight excluding hydrogens is 272 g/mol. The van der Waals surface area contributed by atoms with Crippen LogP contribution in [-0.4, -0.2) is 32.4 Å². The molecule has 0 spiro atoms. The third-order valence-electron chi connectivity index (χ3n) is 3.10. The molecule has 20 heavy (non-hydrogen) atoms. The Morgan fingerprint density at radius 1 is 1.40 bits per heavy atom. The highest BCUT2D eigenvalue weighted by atomic mass is 32.2. The summed E-state index contributed by atoms with van der Waals surface area (Å²) in [5, 5.41) is 3.29. The number of nitrogens with one attached hydrogen (secondary N) is 1. The van der Waals surface area contributed by atoms with Gasteiger partial charge in [-0.05, 0) is 24.1 Å². The highest BCUT2D eigenvalue weighted by molar-refractivity contribution is 7.89. The molecule has 1 aromatic carbocycles. The molecule has 0 atom stereocenters. The maximum Gasteiger partial charge on any atom is 0.243 e. The Kier molecular flexibility index (Phi) is 5.75. The lowest BCUT2D eigenvalue weighted by atomic mass is 10.1. The van der Waals surface area contributed by atoms with Gasteiger partial charge in [0.25, 0.3) is 0 Å². The first-order chi connectivity index (χ1) is 9.30. The van der Waals surface area contributed by atoms with E-state index in [1.807, 2.05) is 13.0 Å². The van der Waals surface area contributed by atoms with E-state index in [9.17, 15) is 8.42 Å². The Labute approximate surface area is 122 Å². The van der Waals surface area contributed by atoms with E-state index in [0.717, 1.165) is 11.1 Å². The molecule has 0 fully saturated rings. The second-order valence-corrected chi connectivity index (χ2v) is 7.05. The SMILES string of the molecule is C#CCN(C)S(=O)(=O)c1cccc(CNC(C)C)c1C. The van der Waals surface area contributed by atoms with Crippen LogP contribution in [-0.2, 0) is 16.6 Å². The van der Waals surface area contributed by atoms with Crippen molar-refractivity contribution < 1.29 is 8.42 Å². The minimum atomic E-state index is -3.53. The normalized spacial score (nSPS) is 11.8. The molecule has 1 rings (SSSR count). The topological polar surface area (TPSA) is 49.4 Å². The van der Waals surface area contributed by atoms with Crippen LogP contribution in [0.1, 0.15) is 25.0 Å². The second-order valence-electron chi connectivity index (χ2n) is 5.04. The Hall–Kier alpha value is -1.35. The summed E-state index contributed by atoms with van der Waals surface area (Å²) < 4.78 is 26.1. The van der Waals surface area contributed by atoms with Crippen LogP contribution in [0.15, 0.2) is 23.1 Å². The maximum atomic E-state index is 12.4. The summed E-state index contributed by atoms with van der Waals surface area (Å²) in [5.74, 6) is 2.35. The molecular formula is C15H22N2O2S. The number of rotatable bonds is 6. The van der Waals surface area contributed by atoms with Crippen molar-refractivity contribution in [3.63, 3.8) is 0 Å². The third-order valence-corrected chi connectivity index (χ3v) is 5.05. The molecule has 0 aromatic heterocycles. The summed E-state index contributed by atoms with van der Waals surface area (Å²) in [6.45, 7) is 6.64. The number of sulfonamides is 1. The van der Waals surface area contributed by atoms with Gasteiger partial charge in [0.05, 0.1) is 11.4 Å². The van der Waals surface area contributed by atoms with Gasteiger partial charge >= 0.3 is 0 Å². The van der Waals surface area contributed by atoms with Crippen LogP contribution in [0.3, 0.4) is 0 Å². The molecule has 0 aliphatic rings. The van der Waals surface area contributed by atoms with Gasteiger partial charge in [-0.15, -0.1) is 6.42 Å². The van der Waals surface area contributed by atoms with E-state index in [-0.39, 0.29) is 6.54 Å². The third kappa shape index (κ3) is 3.83. The maximum absolute atomic E-state index is 12.4. The quantitative estimate of drug-likeness (QED) is 0.813. The fraction of sp³-hybridized carbons (Fsp3) is 0.467. The van der Waals surface area contributed by atoms with E-state index in [4.69, 9.17) is 6.42 Å². The van der Waals surface area contributed by atoms with Gasteiger partial charge in [-0.25, -0.2) is 8.42 Å². The summed E-state index contributed by atoms with van der Waals surface area (Å²) in [4.78, 5) is 0.318. The van der Waals surface area contributed by atoms with Gasteiger partial charge in [0.1, 0.15) is 0 Å². The predicted molar refractivity (Wildman–Crippen MR) is 81.8 cm³/mol. The smallest absolute Gasteiger partial charge is 0.243 e. The van der Waals surface area contributed by atoms with Gasteiger partial charge < -0.3 is 5.32 Å². The van der Waals surface area contributed by atoms with Gasteiger partial charge in [-0.2, -0.15) is 4.31 Å². The minimum absolute atomic E-state index is 0.0657. The molecule has 1 aromatic rings. The van der Waals surface area contributed by atoms with Crippen molar-refractivity contribution in [2.75, 3.05) is 13.6 Å². The number of hydrogen-bond donors (Lipinski definition) is 1. The van der Waals surface area contributed by atoms with E-state index in [1.54, 1.807) is 12.1 Å². The zero-order valence-electron chi connectivity index (χ0n) is 12.5. The summed E-state index contributed by atoms with van der Waals surface area (Å²) in [6, 6.07) is 5.67. The fourth-order valence-electron chi connectivity index (χ4n) is 1.83. The highest BCUT2D eigenvalue weighted by Crippen LogP contribution is 2.21. The van der Waals surface area contributed by atoms with E-state index in [2.05, 4.69) is 25.1 Å². The number of benzene rings is 1. The highest BCUT2D eigenvalue weighted by Gasteiger charge is 2.22. The van der Waals surface area contributed by atoms with Crippen molar-refractivity contribution in [2.24, 2.45) is 0 Å². The molecule has 0 amide bonds. The average molecular weight is 294 g/mol. The largest absolute Gasteiger partial charge is 0.310 e. The van der Waals surface area contributed by atoms with Crippen molar-refractivity contribution in [3.8, 4) is 12.3 Å². The summed E-state index contributed by atoms with van der Waals surface area (Å²) in [6.07, 6.45) is 5.19. The first kappa shape index (κ1) is 16.7. The first-order valence-electron chi connectivity index (χ1n) is 6.52. The minimum Gasteiger partial charge on any atom is -0.310 e. The van der Waals surface area contributed by atoms with Crippen molar-refractivity contribution in [3.05, 3.63) is 29.3 Å². The molecule has 1 N–H and O–H groups in total. The van der Waals surface area contributed by atoms with E-state index in [1.165, 1.54) is 11.4 Å². The first-order valence-corrected chi connectivity index (χ1v) is 7.96. The van der Waals surface area contributed by atoms with Gasteiger partial charge in [-0.1, -0.05) is 31.9 Å². The molecule has 0 radical (unpaired) electrons. The lowest BCUT2D eigenvalue weighted by Gasteiger charge is -2.18. The van der Waals surface area contributed by atoms with Gasteiger partial charge in [0.15, 0.2) is 0 Å². The molecule has 4 nitrogen and oxygen atoms in total. The van der Waals surface area contributed by atoms with Crippen molar-refractivity contribution in [1.29, 1.82) is 0 Å². The zero-order valence-corrected chi connectivity index (χ0v) is 13.3. The number of nitrogens with zero attached hydrogens (tertiary/aromatic N) is 1. The van der Waals surface area contributed by atoms with Gasteiger partial charge in [0, 0.05) is 19.6 Å². The molecule has 0 unspecified atom stereocenters. The van der Waals surface area contributed by atoms with Crippen LogP contribution in [0.2, 0.25) is 0 Å². The van der Waals surface area contributed by atoms with E-state index < -0.39 is 10.0 Å². The number of terminal acetylenes is 1. The van der Waals surface area contributed by atoms with E-state index in [0.29, 0.717) is 17.5 Å². The molecule has 0 aliphatic carbocycles. The standard InChI is InChI=1S/C15H22N2O2S/c1-6-10-17(5)20(18,19)15-9-7-8-14(13(15)4)11-16-12(2)3/h1,7-9,12,16H,10-11H2,2-5H3. The van der Waals surface area contributed by atoms with Crippen LogP contribution in [0.4, 0.5) is 0 Å². The van der Waals surface area contributed by atoms with Gasteiger partial charge in [0.2, 0.25) is 10.0 Å². The summed E-state index contributed by atoms with van der Waals surface area (Å²) in [7, 11) is -2.04. The van der Waals surface area contributed by atoms with Crippen molar-refractivity contribution >= 4 is 10.0 Å². The van der Waals surface area contributed by atoms with Crippen LogP contribution in [0.25, 0.3) is 0 Å². The molecule has 110 valence electrons. The lowest BCUT2D eigenvalue weighted by Crippen LogP contribution is -2.28. The van der Waals surface area contributed by atoms with Crippen LogP contribution in [0, 0.1) is 19.3 Å².